The standard InChI is InChI=1S/C11H13ClFNO/c1-2-3-7-14-11(15)8-5-4-6-9(12)10(8)13/h4-6H,2-3,7H2,1H3,(H,14,15). The fourth-order valence-electron chi connectivity index (χ4n) is 1.15. The number of halogens is 2. The molecule has 0 spiro atoms. The van der Waals surface area contributed by atoms with Gasteiger partial charge < -0.3 is 5.32 Å². The average Bonchev–Trinajstić information content (AvgIpc) is 2.22. The number of benzene rings is 1. The Morgan fingerprint density at radius 2 is 2.27 bits per heavy atom. The lowest BCUT2D eigenvalue weighted by Crippen LogP contribution is -2.25. The van der Waals surface area contributed by atoms with E-state index in [1.165, 1.54) is 12.1 Å². The molecule has 1 rings (SSSR count). The van der Waals surface area contributed by atoms with Gasteiger partial charge in [-0.2, -0.15) is 0 Å². The van der Waals surface area contributed by atoms with Crippen LogP contribution in [0.1, 0.15) is 30.1 Å². The Balaban J connectivity index is 2.69. The smallest absolute Gasteiger partial charge is 0.254 e. The largest absolute Gasteiger partial charge is 0.352 e. The van der Waals surface area contributed by atoms with Crippen LogP contribution in [0.5, 0.6) is 0 Å². The van der Waals surface area contributed by atoms with Gasteiger partial charge >= 0.3 is 0 Å². The predicted octanol–water partition coefficient (Wildman–Crippen LogP) is 3.01. The average molecular weight is 230 g/mol. The van der Waals surface area contributed by atoms with Gasteiger partial charge in [0.05, 0.1) is 10.6 Å². The summed E-state index contributed by atoms with van der Waals surface area (Å²) in [6, 6.07) is 4.39. The van der Waals surface area contributed by atoms with Crippen molar-refractivity contribution in [1.82, 2.24) is 5.32 Å². The Morgan fingerprint density at radius 3 is 2.93 bits per heavy atom. The maximum atomic E-state index is 13.4. The Morgan fingerprint density at radius 1 is 1.53 bits per heavy atom. The zero-order valence-corrected chi connectivity index (χ0v) is 9.27. The van der Waals surface area contributed by atoms with E-state index in [9.17, 15) is 9.18 Å². The van der Waals surface area contributed by atoms with Gasteiger partial charge in [-0.3, -0.25) is 4.79 Å². The summed E-state index contributed by atoms with van der Waals surface area (Å²) in [5.41, 5.74) is -0.00129. The van der Waals surface area contributed by atoms with Crippen LogP contribution in [0.4, 0.5) is 4.39 Å². The molecular weight excluding hydrogens is 217 g/mol. The lowest BCUT2D eigenvalue weighted by molar-refractivity contribution is 0.0949. The molecule has 1 aromatic rings. The third kappa shape index (κ3) is 3.20. The number of carbonyl (C=O) groups is 1. The summed E-state index contributed by atoms with van der Waals surface area (Å²) in [5, 5.41) is 2.60. The zero-order chi connectivity index (χ0) is 11.3. The van der Waals surface area contributed by atoms with Gasteiger partial charge in [-0.05, 0) is 18.6 Å². The molecule has 2 nitrogen and oxygen atoms in total. The molecule has 0 fully saturated rings. The van der Waals surface area contributed by atoms with Gasteiger partial charge in [-0.1, -0.05) is 31.0 Å². The highest BCUT2D eigenvalue weighted by atomic mass is 35.5. The number of unbranched alkanes of at least 4 members (excludes halogenated alkanes) is 1. The second kappa shape index (κ2) is 5.71. The summed E-state index contributed by atoms with van der Waals surface area (Å²) in [6.07, 6.45) is 1.87. The Kier molecular flexibility index (Phi) is 4.56. The van der Waals surface area contributed by atoms with Crippen LogP contribution in [-0.4, -0.2) is 12.5 Å². The third-order valence-corrected chi connectivity index (χ3v) is 2.30. The quantitative estimate of drug-likeness (QED) is 0.791. The van der Waals surface area contributed by atoms with Gasteiger partial charge in [0.25, 0.3) is 5.91 Å². The first kappa shape index (κ1) is 12.0. The molecule has 0 heterocycles. The minimum absolute atomic E-state index is 0.00129. The number of carbonyl (C=O) groups excluding carboxylic acids is 1. The number of nitrogens with one attached hydrogen (secondary N) is 1. The van der Waals surface area contributed by atoms with Gasteiger partial charge in [0, 0.05) is 6.54 Å². The molecule has 1 amide bonds. The third-order valence-electron chi connectivity index (χ3n) is 2.01. The summed E-state index contributed by atoms with van der Waals surface area (Å²) < 4.78 is 13.4. The Labute approximate surface area is 93.4 Å². The Hall–Kier alpha value is -1.09. The molecule has 0 saturated heterocycles. The maximum absolute atomic E-state index is 13.4. The molecule has 1 aromatic carbocycles. The van der Waals surface area contributed by atoms with Crippen LogP contribution in [0.25, 0.3) is 0 Å². The van der Waals surface area contributed by atoms with E-state index < -0.39 is 11.7 Å². The topological polar surface area (TPSA) is 29.1 Å². The number of hydrogen-bond donors (Lipinski definition) is 1. The van der Waals surface area contributed by atoms with Gasteiger partial charge in [0.2, 0.25) is 0 Å². The summed E-state index contributed by atoms with van der Waals surface area (Å²) in [7, 11) is 0. The fourth-order valence-corrected chi connectivity index (χ4v) is 1.33. The highest BCUT2D eigenvalue weighted by Crippen LogP contribution is 2.17. The summed E-state index contributed by atoms with van der Waals surface area (Å²) in [4.78, 5) is 11.5. The molecule has 0 aliphatic carbocycles. The van der Waals surface area contributed by atoms with E-state index in [-0.39, 0.29) is 10.6 Å². The summed E-state index contributed by atoms with van der Waals surface area (Å²) >= 11 is 5.56. The van der Waals surface area contributed by atoms with Crippen molar-refractivity contribution in [3.63, 3.8) is 0 Å². The van der Waals surface area contributed by atoms with E-state index in [0.29, 0.717) is 6.54 Å². The van der Waals surface area contributed by atoms with Crippen molar-refractivity contribution in [2.24, 2.45) is 0 Å². The van der Waals surface area contributed by atoms with Crippen molar-refractivity contribution in [2.45, 2.75) is 19.8 Å². The first-order valence-electron chi connectivity index (χ1n) is 4.89. The molecule has 0 aliphatic rings. The molecule has 0 atom stereocenters. The molecule has 0 saturated carbocycles. The first-order chi connectivity index (χ1) is 7.16. The van der Waals surface area contributed by atoms with E-state index in [1.807, 2.05) is 6.92 Å². The van der Waals surface area contributed by atoms with Crippen molar-refractivity contribution in [3.8, 4) is 0 Å². The molecular formula is C11H13ClFNO. The monoisotopic (exact) mass is 229 g/mol. The maximum Gasteiger partial charge on any atom is 0.254 e. The lowest BCUT2D eigenvalue weighted by atomic mass is 10.2. The van der Waals surface area contributed by atoms with Crippen LogP contribution in [0.3, 0.4) is 0 Å². The van der Waals surface area contributed by atoms with Crippen molar-refractivity contribution >= 4 is 17.5 Å². The molecule has 1 N–H and O–H groups in total. The van der Waals surface area contributed by atoms with E-state index >= 15 is 0 Å². The van der Waals surface area contributed by atoms with E-state index in [4.69, 9.17) is 11.6 Å². The molecule has 4 heteroatoms. The predicted molar refractivity (Wildman–Crippen MR) is 58.7 cm³/mol. The van der Waals surface area contributed by atoms with Crippen molar-refractivity contribution in [1.29, 1.82) is 0 Å². The van der Waals surface area contributed by atoms with Gasteiger partial charge in [0.15, 0.2) is 5.82 Å². The van der Waals surface area contributed by atoms with Crippen LogP contribution in [0, 0.1) is 5.82 Å². The van der Waals surface area contributed by atoms with Crippen molar-refractivity contribution < 1.29 is 9.18 Å². The molecule has 15 heavy (non-hydrogen) atoms. The van der Waals surface area contributed by atoms with E-state index in [0.717, 1.165) is 12.8 Å². The van der Waals surface area contributed by atoms with Gasteiger partial charge in [-0.25, -0.2) is 4.39 Å². The minimum Gasteiger partial charge on any atom is -0.352 e. The normalized spacial score (nSPS) is 10.1. The molecule has 0 radical (unpaired) electrons. The molecule has 0 unspecified atom stereocenters. The fraction of sp³-hybridized carbons (Fsp3) is 0.364. The number of rotatable bonds is 4. The minimum atomic E-state index is -0.659. The van der Waals surface area contributed by atoms with Crippen LogP contribution in [0.2, 0.25) is 5.02 Å². The van der Waals surface area contributed by atoms with Crippen molar-refractivity contribution in [2.75, 3.05) is 6.54 Å². The summed E-state index contributed by atoms with van der Waals surface area (Å²) in [6.45, 7) is 2.58. The van der Waals surface area contributed by atoms with Crippen LogP contribution in [-0.2, 0) is 0 Å². The molecule has 82 valence electrons. The Bertz CT molecular complexity index is 354. The number of amides is 1. The van der Waals surface area contributed by atoms with Gasteiger partial charge in [-0.15, -0.1) is 0 Å². The lowest BCUT2D eigenvalue weighted by Gasteiger charge is -2.05. The highest BCUT2D eigenvalue weighted by Gasteiger charge is 2.12. The SMILES string of the molecule is CCCCNC(=O)c1cccc(Cl)c1F. The molecule has 0 aromatic heterocycles. The van der Waals surface area contributed by atoms with Crippen molar-refractivity contribution in [3.05, 3.63) is 34.6 Å². The van der Waals surface area contributed by atoms with E-state index in [2.05, 4.69) is 5.32 Å². The van der Waals surface area contributed by atoms with Gasteiger partial charge in [0.1, 0.15) is 0 Å². The van der Waals surface area contributed by atoms with E-state index in [1.54, 1.807) is 6.07 Å². The first-order valence-corrected chi connectivity index (χ1v) is 5.26. The van der Waals surface area contributed by atoms with Crippen LogP contribution >= 0.6 is 11.6 Å². The highest BCUT2D eigenvalue weighted by molar-refractivity contribution is 6.31. The molecule has 0 bridgehead atoms. The molecule has 0 aliphatic heterocycles. The summed E-state index contributed by atoms with van der Waals surface area (Å²) in [5.74, 6) is -1.07. The second-order valence-electron chi connectivity index (χ2n) is 3.21. The zero-order valence-electron chi connectivity index (χ0n) is 8.52. The number of hydrogen-bond acceptors (Lipinski definition) is 1. The second-order valence-corrected chi connectivity index (χ2v) is 3.62. The van der Waals surface area contributed by atoms with Crippen LogP contribution in [0.15, 0.2) is 18.2 Å². The van der Waals surface area contributed by atoms with Crippen LogP contribution < -0.4 is 5.32 Å².